The van der Waals surface area contributed by atoms with Crippen LogP contribution in [0.2, 0.25) is 10.0 Å². The fraction of sp³-hybridized carbons (Fsp3) is 0.125. The van der Waals surface area contributed by atoms with Crippen LogP contribution >= 0.6 is 39.1 Å². The Morgan fingerprint density at radius 1 is 1.04 bits per heavy atom. The molecule has 2 aromatic rings. The van der Waals surface area contributed by atoms with Crippen molar-refractivity contribution in [3.63, 3.8) is 0 Å². The number of hydrogen-bond acceptors (Lipinski definition) is 2. The number of carbonyl (C=O) groups excluding carboxylic acids is 2. The third-order valence-electron chi connectivity index (χ3n) is 2.99. The third kappa shape index (κ3) is 5.53. The summed E-state index contributed by atoms with van der Waals surface area (Å²) in [5, 5.41) is 6.26. The highest BCUT2D eigenvalue weighted by Gasteiger charge is 2.09. The number of halogens is 3. The van der Waals surface area contributed by atoms with Gasteiger partial charge in [-0.1, -0.05) is 51.3 Å². The SMILES string of the molecule is O=C(CNC(=O)c1cccc(Cl)c1)NCc1ccc(Br)cc1Cl. The van der Waals surface area contributed by atoms with Crippen LogP contribution in [0.1, 0.15) is 15.9 Å². The molecule has 0 aliphatic rings. The van der Waals surface area contributed by atoms with Crippen molar-refractivity contribution in [2.75, 3.05) is 6.54 Å². The summed E-state index contributed by atoms with van der Waals surface area (Å²) >= 11 is 15.2. The lowest BCUT2D eigenvalue weighted by Gasteiger charge is -2.09. The second kappa shape index (κ2) is 8.34. The Morgan fingerprint density at radius 2 is 1.83 bits per heavy atom. The highest BCUT2D eigenvalue weighted by molar-refractivity contribution is 9.10. The number of amides is 2. The lowest BCUT2D eigenvalue weighted by molar-refractivity contribution is -0.120. The van der Waals surface area contributed by atoms with Crippen molar-refractivity contribution in [3.8, 4) is 0 Å². The second-order valence-corrected chi connectivity index (χ2v) is 6.46. The zero-order chi connectivity index (χ0) is 16.8. The first-order valence-corrected chi connectivity index (χ1v) is 8.25. The van der Waals surface area contributed by atoms with Crippen molar-refractivity contribution >= 4 is 50.9 Å². The minimum Gasteiger partial charge on any atom is -0.350 e. The first-order valence-electron chi connectivity index (χ1n) is 6.70. The fourth-order valence-electron chi connectivity index (χ4n) is 1.81. The number of rotatable bonds is 5. The maximum absolute atomic E-state index is 11.9. The molecule has 4 nitrogen and oxygen atoms in total. The summed E-state index contributed by atoms with van der Waals surface area (Å²) in [5.41, 5.74) is 1.20. The van der Waals surface area contributed by atoms with Crippen LogP contribution in [0.3, 0.4) is 0 Å². The Morgan fingerprint density at radius 3 is 2.52 bits per heavy atom. The Balaban J connectivity index is 1.82. The number of carbonyl (C=O) groups is 2. The number of benzene rings is 2. The van der Waals surface area contributed by atoms with Crippen molar-refractivity contribution in [2.24, 2.45) is 0 Å². The molecule has 2 amide bonds. The average molecular weight is 416 g/mol. The molecule has 0 saturated heterocycles. The van der Waals surface area contributed by atoms with Gasteiger partial charge in [-0.05, 0) is 35.9 Å². The molecular formula is C16H13BrCl2N2O2. The molecule has 0 heterocycles. The predicted octanol–water partition coefficient (Wildman–Crippen LogP) is 3.80. The molecule has 0 bridgehead atoms. The van der Waals surface area contributed by atoms with Crippen molar-refractivity contribution < 1.29 is 9.59 Å². The van der Waals surface area contributed by atoms with Crippen LogP contribution in [-0.2, 0) is 11.3 Å². The largest absolute Gasteiger partial charge is 0.350 e. The van der Waals surface area contributed by atoms with E-state index in [2.05, 4.69) is 26.6 Å². The van der Waals surface area contributed by atoms with Gasteiger partial charge < -0.3 is 10.6 Å². The molecule has 0 unspecified atom stereocenters. The van der Waals surface area contributed by atoms with Crippen LogP contribution in [0.5, 0.6) is 0 Å². The van der Waals surface area contributed by atoms with E-state index in [1.54, 1.807) is 24.3 Å². The Labute approximate surface area is 152 Å². The molecule has 0 radical (unpaired) electrons. The molecule has 2 N–H and O–H groups in total. The van der Waals surface area contributed by atoms with Gasteiger partial charge in [0.05, 0.1) is 6.54 Å². The molecule has 0 saturated carbocycles. The number of hydrogen-bond donors (Lipinski definition) is 2. The molecule has 120 valence electrons. The molecule has 0 atom stereocenters. The maximum Gasteiger partial charge on any atom is 0.251 e. The van der Waals surface area contributed by atoms with Crippen molar-refractivity contribution in [1.82, 2.24) is 10.6 Å². The van der Waals surface area contributed by atoms with Crippen molar-refractivity contribution in [3.05, 3.63) is 68.1 Å². The predicted molar refractivity (Wildman–Crippen MR) is 94.8 cm³/mol. The fourth-order valence-corrected chi connectivity index (χ4v) is 2.74. The first kappa shape index (κ1) is 17.8. The lowest BCUT2D eigenvalue weighted by Crippen LogP contribution is -2.36. The molecule has 0 fully saturated rings. The molecular weight excluding hydrogens is 403 g/mol. The molecule has 0 aromatic heterocycles. The van der Waals surface area contributed by atoms with Gasteiger partial charge in [-0.15, -0.1) is 0 Å². The summed E-state index contributed by atoms with van der Waals surface area (Å²) < 4.78 is 0.867. The van der Waals surface area contributed by atoms with E-state index < -0.39 is 0 Å². The molecule has 23 heavy (non-hydrogen) atoms. The molecule has 0 aliphatic carbocycles. The van der Waals surface area contributed by atoms with Crippen molar-refractivity contribution in [1.29, 1.82) is 0 Å². The van der Waals surface area contributed by atoms with Gasteiger partial charge in [-0.25, -0.2) is 0 Å². The van der Waals surface area contributed by atoms with Crippen molar-refractivity contribution in [2.45, 2.75) is 6.54 Å². The zero-order valence-electron chi connectivity index (χ0n) is 11.9. The van der Waals surface area contributed by atoms with Crippen LogP contribution in [0.25, 0.3) is 0 Å². The minimum absolute atomic E-state index is 0.126. The van der Waals surface area contributed by atoms with E-state index in [1.807, 2.05) is 12.1 Å². The lowest BCUT2D eigenvalue weighted by atomic mass is 10.2. The van der Waals surface area contributed by atoms with Gasteiger partial charge in [0.2, 0.25) is 5.91 Å². The van der Waals surface area contributed by atoms with Gasteiger partial charge in [0.15, 0.2) is 0 Å². The minimum atomic E-state index is -0.357. The average Bonchev–Trinajstić information content (AvgIpc) is 2.51. The smallest absolute Gasteiger partial charge is 0.251 e. The molecule has 2 rings (SSSR count). The van der Waals surface area contributed by atoms with Gasteiger partial charge in [0.1, 0.15) is 0 Å². The van der Waals surface area contributed by atoms with E-state index in [0.29, 0.717) is 15.6 Å². The summed E-state index contributed by atoms with van der Waals surface area (Å²) in [4.78, 5) is 23.7. The Kier molecular flexibility index (Phi) is 6.45. The molecule has 0 spiro atoms. The summed E-state index contributed by atoms with van der Waals surface area (Å²) in [6.45, 7) is 0.164. The summed E-state index contributed by atoms with van der Waals surface area (Å²) in [7, 11) is 0. The highest BCUT2D eigenvalue weighted by atomic mass is 79.9. The molecule has 0 aliphatic heterocycles. The van der Waals surface area contributed by atoms with Crippen LogP contribution < -0.4 is 10.6 Å². The van der Waals surface area contributed by atoms with E-state index >= 15 is 0 Å². The first-order chi connectivity index (χ1) is 11.0. The van der Waals surface area contributed by atoms with Crippen LogP contribution in [0, 0.1) is 0 Å². The van der Waals surface area contributed by atoms with Crippen LogP contribution in [0.4, 0.5) is 0 Å². The van der Waals surface area contributed by atoms with Gasteiger partial charge >= 0.3 is 0 Å². The van der Waals surface area contributed by atoms with Gasteiger partial charge in [-0.3, -0.25) is 9.59 Å². The van der Waals surface area contributed by atoms with E-state index in [1.165, 1.54) is 6.07 Å². The standard InChI is InChI=1S/C16H13BrCl2N2O2/c17-12-5-4-11(14(19)7-12)8-20-15(22)9-21-16(23)10-2-1-3-13(18)6-10/h1-7H,8-9H2,(H,20,22)(H,21,23). The number of nitrogens with one attached hydrogen (secondary N) is 2. The topological polar surface area (TPSA) is 58.2 Å². The summed E-state index contributed by atoms with van der Waals surface area (Å²) in [6.07, 6.45) is 0. The molecule has 2 aromatic carbocycles. The Hall–Kier alpha value is -1.56. The Bertz CT molecular complexity index is 738. The van der Waals surface area contributed by atoms with Crippen LogP contribution in [-0.4, -0.2) is 18.4 Å². The summed E-state index contributed by atoms with van der Waals surface area (Å²) in [5.74, 6) is -0.663. The monoisotopic (exact) mass is 414 g/mol. The van der Waals surface area contributed by atoms with E-state index in [9.17, 15) is 9.59 Å². The second-order valence-electron chi connectivity index (χ2n) is 4.71. The van der Waals surface area contributed by atoms with E-state index in [4.69, 9.17) is 23.2 Å². The van der Waals surface area contributed by atoms with Gasteiger partial charge in [-0.2, -0.15) is 0 Å². The molecule has 7 heteroatoms. The normalized spacial score (nSPS) is 10.2. The highest BCUT2D eigenvalue weighted by Crippen LogP contribution is 2.21. The van der Waals surface area contributed by atoms with E-state index in [-0.39, 0.29) is 24.9 Å². The quantitative estimate of drug-likeness (QED) is 0.780. The zero-order valence-corrected chi connectivity index (χ0v) is 15.0. The van der Waals surface area contributed by atoms with Crippen LogP contribution in [0.15, 0.2) is 46.9 Å². The summed E-state index contributed by atoms with van der Waals surface area (Å²) in [6, 6.07) is 11.9. The van der Waals surface area contributed by atoms with E-state index in [0.717, 1.165) is 10.0 Å². The van der Waals surface area contributed by atoms with Gasteiger partial charge in [0.25, 0.3) is 5.91 Å². The van der Waals surface area contributed by atoms with Gasteiger partial charge in [0, 0.05) is 26.6 Å². The maximum atomic E-state index is 11.9. The third-order valence-corrected chi connectivity index (χ3v) is 4.07.